The summed E-state index contributed by atoms with van der Waals surface area (Å²) in [7, 11) is 0. The van der Waals surface area contributed by atoms with Gasteiger partial charge >= 0.3 is 0 Å². The van der Waals surface area contributed by atoms with Crippen LogP contribution in [0.5, 0.6) is 0 Å². The number of para-hydroxylation sites is 2. The third-order valence-corrected chi connectivity index (χ3v) is 13.5. The Bertz CT molecular complexity index is 3690. The van der Waals surface area contributed by atoms with Crippen molar-refractivity contribution in [2.45, 2.75) is 78.6 Å². The Balaban J connectivity index is 1.32. The van der Waals surface area contributed by atoms with E-state index in [1.54, 1.807) is 0 Å². The van der Waals surface area contributed by atoms with Gasteiger partial charge < -0.3 is 9.30 Å². The molecule has 12 aromatic rings. The number of rotatable bonds is 3. The monoisotopic (exact) mass is 790 g/mol. The first-order chi connectivity index (χ1) is 29.2. The van der Waals surface area contributed by atoms with E-state index in [2.05, 4.69) is 216 Å². The molecular weight excluding hydrogens is 741 g/mol. The number of pyridine rings is 1. The summed E-state index contributed by atoms with van der Waals surface area (Å²) in [6.07, 6.45) is 0. The normalized spacial score (nSPS) is 13.3. The third kappa shape index (κ3) is 5.02. The van der Waals surface area contributed by atoms with Crippen LogP contribution in [0, 0.1) is 0 Å². The summed E-state index contributed by atoms with van der Waals surface area (Å²) in [4.78, 5) is 8.35. The van der Waals surface area contributed by atoms with Gasteiger partial charge in [0.1, 0.15) is 5.65 Å². The molecule has 61 heavy (non-hydrogen) atoms. The largest absolute Gasteiger partial charge is 0.308 e. The van der Waals surface area contributed by atoms with Crippen LogP contribution in [-0.4, -0.2) is 13.8 Å². The smallest absolute Gasteiger partial charge is 0.146 e. The Morgan fingerprint density at radius 3 is 1.52 bits per heavy atom. The topological polar surface area (TPSA) is 24.9 Å². The molecule has 0 saturated heterocycles. The Hall–Kier alpha value is -6.65. The van der Waals surface area contributed by atoms with Gasteiger partial charge in [-0.3, -0.25) is 4.40 Å². The number of nitrogens with zero attached hydrogens (tertiary/aromatic N) is 4. The minimum absolute atomic E-state index is 0.0364. The number of fused-ring (bicyclic) bond motifs is 13. The Kier molecular flexibility index (Phi) is 7.13. The summed E-state index contributed by atoms with van der Waals surface area (Å²) in [5, 5.41) is 11.2. The average Bonchev–Trinajstić information content (AvgIpc) is 3.95. The van der Waals surface area contributed by atoms with Crippen molar-refractivity contribution in [2.75, 3.05) is 4.90 Å². The summed E-state index contributed by atoms with van der Waals surface area (Å²) < 4.78 is 5.04. The third-order valence-electron chi connectivity index (χ3n) is 13.5. The zero-order valence-corrected chi connectivity index (χ0v) is 36.6. The van der Waals surface area contributed by atoms with Gasteiger partial charge in [-0.25, -0.2) is 4.98 Å². The van der Waals surface area contributed by atoms with E-state index in [0.717, 1.165) is 28.1 Å². The lowest BCUT2D eigenvalue weighted by atomic mass is 9.84. The second kappa shape index (κ2) is 12.0. The van der Waals surface area contributed by atoms with Gasteiger partial charge in [-0.1, -0.05) is 129 Å². The van der Waals surface area contributed by atoms with E-state index in [-0.39, 0.29) is 16.2 Å². The quantitative estimate of drug-likeness (QED) is 0.178. The molecule has 0 fully saturated rings. The van der Waals surface area contributed by atoms with Crippen LogP contribution in [0.2, 0.25) is 0 Å². The molecule has 12 rings (SSSR count). The maximum absolute atomic E-state index is 5.88. The highest BCUT2D eigenvalue weighted by molar-refractivity contribution is 6.30. The van der Waals surface area contributed by atoms with Crippen molar-refractivity contribution in [3.8, 4) is 0 Å². The molecular formula is C57H50N4. The molecule has 298 valence electrons. The summed E-state index contributed by atoms with van der Waals surface area (Å²) >= 11 is 0. The molecule has 5 aromatic heterocycles. The second-order valence-electron chi connectivity index (χ2n) is 20.6. The van der Waals surface area contributed by atoms with E-state index in [1.165, 1.54) is 92.9 Å². The number of aromatic nitrogens is 3. The molecule has 4 heteroatoms. The molecule has 0 amide bonds. The standard InChI is InChI=1S/C57H50N4/c1-55(2,3)34-24-25-47-40(27-34)42-28-35(56(4,5)6)30-44-45-32-48-49(58-54(45)61(47)50(42)44)46-31-36(57(7,8)9)29-43-41-26-33-18-16-17-23-39(33)52(53(41)60(48)51(43)46)59(37-19-12-10-13-20-37)38-21-14-11-15-22-38/h10-32H,1-9H3. The molecule has 0 unspecified atom stereocenters. The van der Waals surface area contributed by atoms with Crippen molar-refractivity contribution in [1.82, 2.24) is 13.8 Å². The van der Waals surface area contributed by atoms with Crippen LogP contribution in [0.25, 0.3) is 87.2 Å². The summed E-state index contributed by atoms with van der Waals surface area (Å²) in [6, 6.07) is 52.5. The number of hydrogen-bond donors (Lipinski definition) is 0. The minimum Gasteiger partial charge on any atom is -0.308 e. The molecule has 0 saturated carbocycles. The van der Waals surface area contributed by atoms with E-state index in [9.17, 15) is 0 Å². The van der Waals surface area contributed by atoms with E-state index in [0.29, 0.717) is 0 Å². The Morgan fingerprint density at radius 2 is 0.902 bits per heavy atom. The first kappa shape index (κ1) is 36.2. The van der Waals surface area contributed by atoms with Gasteiger partial charge in [0.25, 0.3) is 0 Å². The fraction of sp³-hybridized carbons (Fsp3) is 0.211. The predicted octanol–water partition coefficient (Wildman–Crippen LogP) is 15.9. The number of benzene rings is 7. The Morgan fingerprint density at radius 1 is 0.393 bits per heavy atom. The van der Waals surface area contributed by atoms with Gasteiger partial charge in [0.05, 0.1) is 38.8 Å². The number of hydrogen-bond acceptors (Lipinski definition) is 2. The molecule has 5 heterocycles. The van der Waals surface area contributed by atoms with Gasteiger partial charge in [0.15, 0.2) is 0 Å². The van der Waals surface area contributed by atoms with Crippen molar-refractivity contribution in [2.24, 2.45) is 0 Å². The molecule has 0 aliphatic carbocycles. The average molecular weight is 791 g/mol. The van der Waals surface area contributed by atoms with E-state index >= 15 is 0 Å². The first-order valence-corrected chi connectivity index (χ1v) is 21.8. The fourth-order valence-corrected chi connectivity index (χ4v) is 10.3. The minimum atomic E-state index is -0.0778. The summed E-state index contributed by atoms with van der Waals surface area (Å²) in [5.41, 5.74) is 15.4. The maximum Gasteiger partial charge on any atom is 0.146 e. The van der Waals surface area contributed by atoms with E-state index in [4.69, 9.17) is 4.98 Å². The van der Waals surface area contributed by atoms with Crippen molar-refractivity contribution in [3.63, 3.8) is 0 Å². The zero-order valence-electron chi connectivity index (χ0n) is 36.6. The second-order valence-corrected chi connectivity index (χ2v) is 20.6. The molecule has 0 atom stereocenters. The van der Waals surface area contributed by atoms with E-state index < -0.39 is 0 Å². The van der Waals surface area contributed by atoms with Crippen LogP contribution in [0.15, 0.2) is 140 Å². The first-order valence-electron chi connectivity index (χ1n) is 21.8. The molecule has 0 spiro atoms. The lowest BCUT2D eigenvalue weighted by Gasteiger charge is -2.28. The highest BCUT2D eigenvalue weighted by Gasteiger charge is 2.30. The van der Waals surface area contributed by atoms with Gasteiger partial charge in [-0.05, 0) is 111 Å². The molecule has 0 aliphatic rings. The van der Waals surface area contributed by atoms with E-state index in [1.807, 2.05) is 0 Å². The van der Waals surface area contributed by atoms with Crippen molar-refractivity contribution in [3.05, 3.63) is 156 Å². The fourth-order valence-electron chi connectivity index (χ4n) is 10.3. The number of anilines is 3. The van der Waals surface area contributed by atoms with Crippen molar-refractivity contribution in [1.29, 1.82) is 0 Å². The molecule has 7 aromatic carbocycles. The summed E-state index contributed by atoms with van der Waals surface area (Å²) in [5.74, 6) is 0. The molecule has 0 bridgehead atoms. The SMILES string of the molecule is CC(C)(C)c1ccc2c(c1)c1cc(C(C)(C)C)cc3c4cc5c(nc4n2c13)c1cc(C(C)(C)C)cc2c3cc4ccccc4c(N(c4ccccc4)c4ccccc4)c3n5c21. The lowest BCUT2D eigenvalue weighted by Crippen LogP contribution is -2.11. The van der Waals surface area contributed by atoms with Crippen LogP contribution in [0.1, 0.15) is 79.0 Å². The molecule has 0 aliphatic heterocycles. The van der Waals surface area contributed by atoms with Gasteiger partial charge in [-0.2, -0.15) is 0 Å². The molecule has 0 radical (unpaired) electrons. The highest BCUT2D eigenvalue weighted by atomic mass is 15.2. The van der Waals surface area contributed by atoms with Gasteiger partial charge in [0, 0.05) is 54.5 Å². The summed E-state index contributed by atoms with van der Waals surface area (Å²) in [6.45, 7) is 20.9. The zero-order chi connectivity index (χ0) is 41.9. The Labute approximate surface area is 356 Å². The predicted molar refractivity (Wildman–Crippen MR) is 262 cm³/mol. The van der Waals surface area contributed by atoms with Crippen LogP contribution in [0.4, 0.5) is 17.1 Å². The van der Waals surface area contributed by atoms with Crippen LogP contribution < -0.4 is 4.90 Å². The highest BCUT2D eigenvalue weighted by Crippen LogP contribution is 2.51. The van der Waals surface area contributed by atoms with Crippen LogP contribution in [-0.2, 0) is 16.2 Å². The van der Waals surface area contributed by atoms with Gasteiger partial charge in [-0.15, -0.1) is 0 Å². The lowest BCUT2D eigenvalue weighted by molar-refractivity contribution is 0.590. The van der Waals surface area contributed by atoms with Crippen molar-refractivity contribution < 1.29 is 0 Å². The maximum atomic E-state index is 5.88. The molecule has 0 N–H and O–H groups in total. The van der Waals surface area contributed by atoms with Crippen LogP contribution >= 0.6 is 0 Å². The molecule has 4 nitrogen and oxygen atoms in total. The van der Waals surface area contributed by atoms with Crippen molar-refractivity contribution >= 4 is 104 Å². The van der Waals surface area contributed by atoms with Crippen LogP contribution in [0.3, 0.4) is 0 Å². The van der Waals surface area contributed by atoms with Gasteiger partial charge in [0.2, 0.25) is 0 Å².